The van der Waals surface area contributed by atoms with Gasteiger partial charge < -0.3 is 11.1 Å². The van der Waals surface area contributed by atoms with E-state index in [-0.39, 0.29) is 17.7 Å². The van der Waals surface area contributed by atoms with Crippen LogP contribution >= 0.6 is 11.6 Å². The number of carbonyl (C=O) groups excluding carboxylic acids is 2. The van der Waals surface area contributed by atoms with E-state index >= 15 is 0 Å². The number of aryl methyl sites for hydroxylation is 2. The number of piperidine rings is 1. The maximum atomic E-state index is 13.1. The topological polar surface area (TPSA) is 93.2 Å². The van der Waals surface area contributed by atoms with Gasteiger partial charge in [0.2, 0.25) is 5.91 Å². The molecular formula is C26H30ClN5O2. The summed E-state index contributed by atoms with van der Waals surface area (Å²) >= 11 is 6.57. The van der Waals surface area contributed by atoms with Crippen LogP contribution in [0.5, 0.6) is 0 Å². The molecule has 0 bridgehead atoms. The molecule has 0 spiro atoms. The first-order valence-corrected chi connectivity index (χ1v) is 11.9. The fraction of sp³-hybridized carbons (Fsp3) is 0.346. The number of primary amides is 1. The number of nitrogens with zero attached hydrogens (tertiary/aromatic N) is 3. The molecule has 3 aromatic rings. The minimum atomic E-state index is -0.280. The van der Waals surface area contributed by atoms with Gasteiger partial charge in [-0.2, -0.15) is 5.10 Å². The number of benzene rings is 2. The molecule has 8 heteroatoms. The molecule has 0 aliphatic carbocycles. The smallest absolute Gasteiger partial charge is 0.260 e. The Balaban J connectivity index is 1.41. The number of halogens is 1. The van der Waals surface area contributed by atoms with Crippen LogP contribution in [0.3, 0.4) is 0 Å². The number of nitrogens with two attached hydrogens (primary N) is 1. The molecule has 1 aliphatic heterocycles. The van der Waals surface area contributed by atoms with Crippen molar-refractivity contribution in [2.75, 3.05) is 18.4 Å². The van der Waals surface area contributed by atoms with Crippen molar-refractivity contribution in [1.29, 1.82) is 0 Å². The van der Waals surface area contributed by atoms with Gasteiger partial charge in [-0.15, -0.1) is 0 Å². The van der Waals surface area contributed by atoms with Gasteiger partial charge in [0.1, 0.15) is 5.15 Å². The molecule has 0 saturated carbocycles. The molecule has 1 fully saturated rings. The molecule has 1 aliphatic rings. The number of hydrogen-bond acceptors (Lipinski definition) is 4. The molecule has 1 aromatic heterocycles. The molecule has 2 aromatic carbocycles. The van der Waals surface area contributed by atoms with Crippen molar-refractivity contribution in [2.24, 2.45) is 11.7 Å². The molecule has 3 N–H and O–H groups in total. The molecule has 178 valence electrons. The lowest BCUT2D eigenvalue weighted by Crippen LogP contribution is -2.38. The second-order valence-corrected chi connectivity index (χ2v) is 9.36. The summed E-state index contributed by atoms with van der Waals surface area (Å²) in [5.74, 6) is -0.514. The molecule has 0 atom stereocenters. The lowest BCUT2D eigenvalue weighted by molar-refractivity contribution is -0.123. The van der Waals surface area contributed by atoms with E-state index in [1.807, 2.05) is 55.5 Å². The Morgan fingerprint density at radius 3 is 2.44 bits per heavy atom. The summed E-state index contributed by atoms with van der Waals surface area (Å²) in [7, 11) is 0. The summed E-state index contributed by atoms with van der Waals surface area (Å²) < 4.78 is 1.66. The van der Waals surface area contributed by atoms with Gasteiger partial charge >= 0.3 is 0 Å². The first kappa shape index (κ1) is 24.0. The van der Waals surface area contributed by atoms with Gasteiger partial charge in [-0.3, -0.25) is 14.5 Å². The molecular weight excluding hydrogens is 450 g/mol. The third-order valence-electron chi connectivity index (χ3n) is 6.33. The van der Waals surface area contributed by atoms with Gasteiger partial charge in [0.25, 0.3) is 5.91 Å². The van der Waals surface area contributed by atoms with Crippen molar-refractivity contribution < 1.29 is 9.59 Å². The second kappa shape index (κ2) is 10.4. The van der Waals surface area contributed by atoms with Crippen LogP contribution < -0.4 is 11.1 Å². The third kappa shape index (κ3) is 5.66. The van der Waals surface area contributed by atoms with Gasteiger partial charge in [-0.25, -0.2) is 4.68 Å². The standard InChI is InChI=1S/C26H30ClN5O2/c1-17-6-8-19(9-7-17)16-32-24(27)23(18(2)30-32)26(34)29-22-5-3-4-20(14-22)15-31-12-10-21(11-13-31)25(28)33/h3-9,14,21H,10-13,15-16H2,1-2H3,(H2,28,33)(H,29,34). The number of rotatable bonds is 7. The summed E-state index contributed by atoms with van der Waals surface area (Å²) in [6.45, 7) is 6.74. The predicted molar refractivity (Wildman–Crippen MR) is 134 cm³/mol. The van der Waals surface area contributed by atoms with Crippen LogP contribution in [-0.2, 0) is 17.9 Å². The summed E-state index contributed by atoms with van der Waals surface area (Å²) in [4.78, 5) is 26.8. The monoisotopic (exact) mass is 479 g/mol. The molecule has 1 saturated heterocycles. The van der Waals surface area contributed by atoms with Crippen molar-refractivity contribution in [2.45, 2.75) is 39.8 Å². The first-order valence-electron chi connectivity index (χ1n) is 11.5. The highest BCUT2D eigenvalue weighted by molar-refractivity contribution is 6.33. The number of nitrogens with one attached hydrogen (secondary N) is 1. The van der Waals surface area contributed by atoms with Crippen LogP contribution in [0.2, 0.25) is 5.15 Å². The SMILES string of the molecule is Cc1ccc(Cn2nc(C)c(C(=O)Nc3cccc(CN4CCC(C(N)=O)CC4)c3)c2Cl)cc1. The maximum Gasteiger partial charge on any atom is 0.260 e. The zero-order valence-electron chi connectivity index (χ0n) is 19.6. The highest BCUT2D eigenvalue weighted by atomic mass is 35.5. The third-order valence-corrected chi connectivity index (χ3v) is 6.71. The van der Waals surface area contributed by atoms with Crippen molar-refractivity contribution in [3.63, 3.8) is 0 Å². The first-order chi connectivity index (χ1) is 16.3. The average Bonchev–Trinajstić information content (AvgIpc) is 3.08. The summed E-state index contributed by atoms with van der Waals surface area (Å²) in [5, 5.41) is 7.78. The van der Waals surface area contributed by atoms with Crippen LogP contribution in [0.15, 0.2) is 48.5 Å². The molecule has 7 nitrogen and oxygen atoms in total. The average molecular weight is 480 g/mol. The molecule has 34 heavy (non-hydrogen) atoms. The zero-order valence-corrected chi connectivity index (χ0v) is 20.3. The molecule has 0 radical (unpaired) electrons. The van der Waals surface area contributed by atoms with Crippen LogP contribution in [0.1, 0.15) is 45.6 Å². The Hall–Kier alpha value is -3.16. The minimum Gasteiger partial charge on any atom is -0.369 e. The quantitative estimate of drug-likeness (QED) is 0.532. The van der Waals surface area contributed by atoms with Crippen molar-refractivity contribution in [1.82, 2.24) is 14.7 Å². The second-order valence-electron chi connectivity index (χ2n) is 9.00. The van der Waals surface area contributed by atoms with Crippen LogP contribution in [0.25, 0.3) is 0 Å². The number of amides is 2. The van der Waals surface area contributed by atoms with Crippen LogP contribution in [-0.4, -0.2) is 39.6 Å². The van der Waals surface area contributed by atoms with E-state index in [2.05, 4.69) is 15.3 Å². The van der Waals surface area contributed by atoms with Gasteiger partial charge in [-0.05, 0) is 63.0 Å². The van der Waals surface area contributed by atoms with E-state index in [1.54, 1.807) is 11.6 Å². The fourth-order valence-corrected chi connectivity index (χ4v) is 4.68. The van der Waals surface area contributed by atoms with Crippen LogP contribution in [0, 0.1) is 19.8 Å². The number of likely N-dealkylation sites (tertiary alicyclic amines) is 1. The van der Waals surface area contributed by atoms with Gasteiger partial charge in [0.15, 0.2) is 0 Å². The van der Waals surface area contributed by atoms with E-state index in [1.165, 1.54) is 5.56 Å². The fourth-order valence-electron chi connectivity index (χ4n) is 4.36. The Morgan fingerprint density at radius 1 is 1.06 bits per heavy atom. The van der Waals surface area contributed by atoms with Gasteiger partial charge in [0.05, 0.1) is 17.8 Å². The Labute approximate surface area is 204 Å². The van der Waals surface area contributed by atoms with E-state index in [9.17, 15) is 9.59 Å². The molecule has 0 unspecified atom stereocenters. The van der Waals surface area contributed by atoms with Gasteiger partial charge in [-0.1, -0.05) is 53.6 Å². The van der Waals surface area contributed by atoms with Crippen LogP contribution in [0.4, 0.5) is 5.69 Å². The normalized spacial score (nSPS) is 14.8. The highest BCUT2D eigenvalue weighted by Crippen LogP contribution is 2.24. The van der Waals surface area contributed by atoms with Crippen molar-refractivity contribution >= 4 is 29.1 Å². The van der Waals surface area contributed by atoms with Crippen molar-refractivity contribution in [3.8, 4) is 0 Å². The van der Waals surface area contributed by atoms with Crippen molar-refractivity contribution in [3.05, 3.63) is 81.6 Å². The zero-order chi connectivity index (χ0) is 24.2. The van der Waals surface area contributed by atoms with E-state index in [0.717, 1.165) is 43.6 Å². The summed E-state index contributed by atoms with van der Waals surface area (Å²) in [6.07, 6.45) is 1.58. The Morgan fingerprint density at radius 2 is 1.76 bits per heavy atom. The number of hydrogen-bond donors (Lipinski definition) is 2. The largest absolute Gasteiger partial charge is 0.369 e. The molecule has 4 rings (SSSR count). The summed E-state index contributed by atoms with van der Waals surface area (Å²) in [6, 6.07) is 15.9. The molecule has 2 heterocycles. The Bertz CT molecular complexity index is 1180. The number of anilines is 1. The number of carbonyl (C=O) groups is 2. The maximum absolute atomic E-state index is 13.1. The lowest BCUT2D eigenvalue weighted by Gasteiger charge is -2.30. The van der Waals surface area contributed by atoms with E-state index in [0.29, 0.717) is 28.6 Å². The Kier molecular flexibility index (Phi) is 7.34. The molecule has 2 amide bonds. The summed E-state index contributed by atoms with van der Waals surface area (Å²) in [5.41, 5.74) is 10.4. The number of aromatic nitrogens is 2. The lowest BCUT2D eigenvalue weighted by atomic mass is 9.96. The van der Waals surface area contributed by atoms with Gasteiger partial charge in [0, 0.05) is 18.2 Å². The minimum absolute atomic E-state index is 0.0261. The van der Waals surface area contributed by atoms with E-state index < -0.39 is 0 Å². The highest BCUT2D eigenvalue weighted by Gasteiger charge is 2.23. The predicted octanol–water partition coefficient (Wildman–Crippen LogP) is 4.15. The van der Waals surface area contributed by atoms with E-state index in [4.69, 9.17) is 17.3 Å².